The first kappa shape index (κ1) is 24.5. The summed E-state index contributed by atoms with van der Waals surface area (Å²) in [4.78, 5) is 25.7. The van der Waals surface area contributed by atoms with Gasteiger partial charge in [-0.15, -0.1) is 0 Å². The van der Waals surface area contributed by atoms with Gasteiger partial charge in [0.2, 0.25) is 0 Å². The van der Waals surface area contributed by atoms with E-state index in [0.717, 1.165) is 5.56 Å². The number of benzene rings is 2. The number of carbonyl (C=O) groups is 2. The SMILES string of the molecule is CC(C)(C)OC(=O)N1CC=C(c2ccc(OCc3ccccc3)c(N3CC(=O)NS3(=O)=O)c2F)C1. The molecule has 1 saturated heterocycles. The van der Waals surface area contributed by atoms with Gasteiger partial charge in [0.15, 0.2) is 5.82 Å². The van der Waals surface area contributed by atoms with Gasteiger partial charge in [0, 0.05) is 18.7 Å². The van der Waals surface area contributed by atoms with E-state index in [0.29, 0.717) is 9.88 Å². The highest BCUT2D eigenvalue weighted by atomic mass is 32.2. The topological polar surface area (TPSA) is 105 Å². The number of nitrogens with one attached hydrogen (secondary N) is 1. The molecule has 11 heteroatoms. The van der Waals surface area contributed by atoms with Crippen molar-refractivity contribution in [2.45, 2.75) is 33.0 Å². The van der Waals surface area contributed by atoms with E-state index in [1.54, 1.807) is 26.8 Å². The van der Waals surface area contributed by atoms with Crippen molar-refractivity contribution in [1.29, 1.82) is 0 Å². The van der Waals surface area contributed by atoms with E-state index in [4.69, 9.17) is 9.47 Å². The summed E-state index contributed by atoms with van der Waals surface area (Å²) >= 11 is 0. The molecule has 0 bridgehead atoms. The molecule has 2 aliphatic heterocycles. The van der Waals surface area contributed by atoms with Crippen LogP contribution in [0.2, 0.25) is 0 Å². The minimum Gasteiger partial charge on any atom is -0.487 e. The van der Waals surface area contributed by atoms with Crippen molar-refractivity contribution >= 4 is 33.5 Å². The molecule has 2 aromatic carbocycles. The van der Waals surface area contributed by atoms with Crippen LogP contribution in [0.5, 0.6) is 5.75 Å². The van der Waals surface area contributed by atoms with Crippen LogP contribution in [0.1, 0.15) is 31.9 Å². The molecule has 0 radical (unpaired) electrons. The highest BCUT2D eigenvalue weighted by Crippen LogP contribution is 2.39. The van der Waals surface area contributed by atoms with Gasteiger partial charge in [-0.1, -0.05) is 36.4 Å². The van der Waals surface area contributed by atoms with Gasteiger partial charge in [0.05, 0.1) is 0 Å². The molecule has 35 heavy (non-hydrogen) atoms. The number of ether oxygens (including phenoxy) is 2. The number of carbonyl (C=O) groups excluding carboxylic acids is 2. The maximum absolute atomic E-state index is 15.9. The molecule has 0 aliphatic carbocycles. The highest BCUT2D eigenvalue weighted by molar-refractivity contribution is 7.92. The van der Waals surface area contributed by atoms with Crippen molar-refractivity contribution in [3.05, 3.63) is 65.5 Å². The smallest absolute Gasteiger partial charge is 0.410 e. The third-order valence-electron chi connectivity index (χ3n) is 5.30. The fraction of sp³-hybridized carbons (Fsp3) is 0.333. The van der Waals surface area contributed by atoms with Gasteiger partial charge in [-0.05, 0) is 44.0 Å². The van der Waals surface area contributed by atoms with E-state index in [1.807, 2.05) is 35.1 Å². The number of hydrogen-bond donors (Lipinski definition) is 1. The predicted octanol–water partition coefficient (Wildman–Crippen LogP) is 3.22. The first-order chi connectivity index (χ1) is 16.4. The molecular formula is C24H26FN3O6S. The number of nitrogens with zero attached hydrogens (tertiary/aromatic N) is 2. The third kappa shape index (κ3) is 5.40. The van der Waals surface area contributed by atoms with Crippen LogP contribution in [0.4, 0.5) is 14.9 Å². The van der Waals surface area contributed by atoms with E-state index in [9.17, 15) is 18.0 Å². The molecule has 186 valence electrons. The lowest BCUT2D eigenvalue weighted by Gasteiger charge is -2.25. The number of rotatable bonds is 5. The first-order valence-electron chi connectivity index (χ1n) is 10.9. The Hall–Kier alpha value is -3.60. The van der Waals surface area contributed by atoms with Crippen LogP contribution in [0.3, 0.4) is 0 Å². The van der Waals surface area contributed by atoms with E-state index in [1.165, 1.54) is 17.0 Å². The van der Waals surface area contributed by atoms with E-state index >= 15 is 4.39 Å². The fourth-order valence-corrected chi connectivity index (χ4v) is 4.90. The Morgan fingerprint density at radius 2 is 1.83 bits per heavy atom. The van der Waals surface area contributed by atoms with E-state index in [-0.39, 0.29) is 36.7 Å². The molecule has 2 aromatic rings. The maximum Gasteiger partial charge on any atom is 0.410 e. The summed E-state index contributed by atoms with van der Waals surface area (Å²) in [5.74, 6) is -1.68. The summed E-state index contributed by atoms with van der Waals surface area (Å²) in [6, 6.07) is 12.0. The largest absolute Gasteiger partial charge is 0.487 e. The molecule has 2 aliphatic rings. The molecule has 0 aromatic heterocycles. The lowest BCUT2D eigenvalue weighted by Crippen LogP contribution is -2.35. The van der Waals surface area contributed by atoms with Gasteiger partial charge in [-0.3, -0.25) is 4.79 Å². The predicted molar refractivity (Wildman–Crippen MR) is 127 cm³/mol. The van der Waals surface area contributed by atoms with Crippen molar-refractivity contribution in [2.24, 2.45) is 0 Å². The molecule has 2 heterocycles. The second-order valence-electron chi connectivity index (χ2n) is 9.18. The van der Waals surface area contributed by atoms with Gasteiger partial charge < -0.3 is 14.4 Å². The molecular weight excluding hydrogens is 477 g/mol. The van der Waals surface area contributed by atoms with E-state index < -0.39 is 40.2 Å². The molecule has 9 nitrogen and oxygen atoms in total. The second kappa shape index (κ2) is 9.21. The molecule has 1 fully saturated rings. The van der Waals surface area contributed by atoms with Gasteiger partial charge in [-0.2, -0.15) is 8.42 Å². The average molecular weight is 504 g/mol. The molecule has 2 amide bonds. The van der Waals surface area contributed by atoms with Crippen LogP contribution in [0.25, 0.3) is 5.57 Å². The number of hydrogen-bond acceptors (Lipinski definition) is 6. The van der Waals surface area contributed by atoms with Gasteiger partial charge in [0.1, 0.15) is 30.2 Å². The molecule has 0 unspecified atom stereocenters. The Morgan fingerprint density at radius 3 is 2.46 bits per heavy atom. The monoisotopic (exact) mass is 503 g/mol. The van der Waals surface area contributed by atoms with Crippen molar-refractivity contribution in [3.8, 4) is 5.75 Å². The van der Waals surface area contributed by atoms with Crippen LogP contribution in [-0.2, 0) is 26.3 Å². The Labute approximate surface area is 203 Å². The zero-order valence-corrected chi connectivity index (χ0v) is 20.4. The third-order valence-corrected chi connectivity index (χ3v) is 6.68. The highest BCUT2D eigenvalue weighted by Gasteiger charge is 2.39. The van der Waals surface area contributed by atoms with Crippen LogP contribution in [0, 0.1) is 5.82 Å². The average Bonchev–Trinajstić information content (AvgIpc) is 3.35. The molecule has 0 atom stereocenters. The van der Waals surface area contributed by atoms with Crippen LogP contribution < -0.4 is 13.8 Å². The second-order valence-corrected chi connectivity index (χ2v) is 10.8. The normalized spacial score (nSPS) is 17.3. The molecule has 4 rings (SSSR count). The van der Waals surface area contributed by atoms with Crippen LogP contribution >= 0.6 is 0 Å². The van der Waals surface area contributed by atoms with Crippen molar-refractivity contribution in [1.82, 2.24) is 9.62 Å². The quantitative estimate of drug-likeness (QED) is 0.672. The minimum absolute atomic E-state index is 0.0298. The lowest BCUT2D eigenvalue weighted by atomic mass is 10.0. The van der Waals surface area contributed by atoms with Crippen molar-refractivity contribution < 1.29 is 31.9 Å². The van der Waals surface area contributed by atoms with Gasteiger partial charge in [-0.25, -0.2) is 18.2 Å². The number of amides is 2. The standard InChI is InChI=1S/C24H26FN3O6S/c1-24(2,3)34-23(30)27-12-11-17(13-27)18-9-10-19(33-15-16-7-5-4-6-8-16)22(21(18)25)28-14-20(29)26-35(28,31)32/h4-11H,12-15H2,1-3H3,(H,26,29). The number of halogens is 1. The van der Waals surface area contributed by atoms with Crippen LogP contribution in [-0.4, -0.2) is 50.6 Å². The minimum atomic E-state index is -4.29. The van der Waals surface area contributed by atoms with Gasteiger partial charge in [0.25, 0.3) is 5.91 Å². The summed E-state index contributed by atoms with van der Waals surface area (Å²) in [5, 5.41) is 0. The van der Waals surface area contributed by atoms with Crippen LogP contribution in [0.15, 0.2) is 48.5 Å². The molecule has 0 spiro atoms. The Balaban J connectivity index is 1.66. The number of anilines is 1. The zero-order chi connectivity index (χ0) is 25.4. The summed E-state index contributed by atoms with van der Waals surface area (Å²) in [5.41, 5.74) is 0.341. The van der Waals surface area contributed by atoms with Crippen molar-refractivity contribution in [3.63, 3.8) is 0 Å². The Morgan fingerprint density at radius 1 is 1.11 bits per heavy atom. The zero-order valence-electron chi connectivity index (χ0n) is 19.6. The summed E-state index contributed by atoms with van der Waals surface area (Å²) in [6.45, 7) is 5.04. The van der Waals surface area contributed by atoms with Gasteiger partial charge >= 0.3 is 16.3 Å². The summed E-state index contributed by atoms with van der Waals surface area (Å²) in [6.07, 6.45) is 1.14. The first-order valence-corrected chi connectivity index (χ1v) is 12.4. The van der Waals surface area contributed by atoms with E-state index in [2.05, 4.69) is 0 Å². The Kier molecular flexibility index (Phi) is 6.46. The fourth-order valence-electron chi connectivity index (χ4n) is 3.74. The summed E-state index contributed by atoms with van der Waals surface area (Å²) < 4.78 is 54.7. The maximum atomic E-state index is 15.9. The molecule has 1 N–H and O–H groups in total. The van der Waals surface area contributed by atoms with Crippen molar-refractivity contribution in [2.75, 3.05) is 23.9 Å². The molecule has 0 saturated carbocycles. The Bertz CT molecular complexity index is 1290. The summed E-state index contributed by atoms with van der Waals surface area (Å²) in [7, 11) is -4.29. The lowest BCUT2D eigenvalue weighted by molar-refractivity contribution is -0.117.